The number of esters is 2. The smallest absolute Gasteiger partial charge is 0.350 e. The molecule has 26 heavy (non-hydrogen) atoms. The highest BCUT2D eigenvalue weighted by molar-refractivity contribution is 6.15. The average molecular weight is 351 g/mol. The minimum absolute atomic E-state index is 0.197. The number of azo groups is 1. The molecule has 0 bridgehead atoms. The van der Waals surface area contributed by atoms with Crippen molar-refractivity contribution < 1.29 is 19.1 Å². The van der Waals surface area contributed by atoms with Gasteiger partial charge in [0.15, 0.2) is 5.57 Å². The number of nitrogens with one attached hydrogen (secondary N) is 1. The fourth-order valence-corrected chi connectivity index (χ4v) is 2.17. The molecular formula is C19H17N3O4. The number of hydrogen-bond donors (Lipinski definition) is 1. The molecule has 0 radical (unpaired) electrons. The fraction of sp³-hybridized carbons (Fsp3) is 0.158. The van der Waals surface area contributed by atoms with Gasteiger partial charge >= 0.3 is 11.9 Å². The summed E-state index contributed by atoms with van der Waals surface area (Å²) in [6.07, 6.45) is 1.26. The van der Waals surface area contributed by atoms with E-state index in [1.165, 1.54) is 20.0 Å². The lowest BCUT2D eigenvalue weighted by molar-refractivity contribution is -0.222. The Hall–Kier alpha value is -3.48. The minimum Gasteiger partial charge on any atom is -0.419 e. The molecule has 7 heteroatoms. The quantitative estimate of drug-likeness (QED) is 0.385. The number of ether oxygens (including phenoxy) is 2. The molecule has 2 aromatic carbocycles. The summed E-state index contributed by atoms with van der Waals surface area (Å²) in [5, 5.41) is 11.1. The van der Waals surface area contributed by atoms with Crippen LogP contribution >= 0.6 is 0 Å². The van der Waals surface area contributed by atoms with Crippen molar-refractivity contribution in [3.05, 3.63) is 66.4 Å². The maximum atomic E-state index is 11.9. The molecule has 0 unspecified atom stereocenters. The maximum Gasteiger partial charge on any atom is 0.350 e. The van der Waals surface area contributed by atoms with Crippen LogP contribution in [0.25, 0.3) is 0 Å². The first-order chi connectivity index (χ1) is 12.4. The third-order valence-corrected chi connectivity index (χ3v) is 3.40. The van der Waals surface area contributed by atoms with E-state index in [0.29, 0.717) is 11.4 Å². The SMILES string of the molecule is CC1(C)OC(=O)C(=CNc2ccc(N=Nc3ccccc3)cc2)C(=O)O1. The van der Waals surface area contributed by atoms with Gasteiger partial charge in [0.05, 0.1) is 11.4 Å². The lowest BCUT2D eigenvalue weighted by Gasteiger charge is -2.29. The van der Waals surface area contributed by atoms with Crippen molar-refractivity contribution in [1.82, 2.24) is 0 Å². The summed E-state index contributed by atoms with van der Waals surface area (Å²) < 4.78 is 10.0. The molecule has 1 heterocycles. The van der Waals surface area contributed by atoms with E-state index in [4.69, 9.17) is 9.47 Å². The van der Waals surface area contributed by atoms with E-state index < -0.39 is 17.7 Å². The zero-order valence-corrected chi connectivity index (χ0v) is 14.3. The first kappa shape index (κ1) is 17.3. The summed E-state index contributed by atoms with van der Waals surface area (Å²) in [6.45, 7) is 2.99. The molecule has 0 amide bonds. The van der Waals surface area contributed by atoms with Crippen LogP contribution < -0.4 is 5.32 Å². The summed E-state index contributed by atoms with van der Waals surface area (Å²) in [6, 6.07) is 16.4. The van der Waals surface area contributed by atoms with Gasteiger partial charge in [0, 0.05) is 25.7 Å². The lowest BCUT2D eigenvalue weighted by atomic mass is 10.2. The van der Waals surface area contributed by atoms with Crippen molar-refractivity contribution in [2.75, 3.05) is 5.32 Å². The Balaban J connectivity index is 1.65. The molecule has 1 fully saturated rings. The first-order valence-electron chi connectivity index (χ1n) is 7.93. The van der Waals surface area contributed by atoms with Gasteiger partial charge in [-0.05, 0) is 36.4 Å². The van der Waals surface area contributed by atoms with Crippen LogP contribution in [0.1, 0.15) is 13.8 Å². The number of cyclic esters (lactones) is 2. The van der Waals surface area contributed by atoms with Gasteiger partial charge < -0.3 is 14.8 Å². The van der Waals surface area contributed by atoms with Crippen LogP contribution in [0.4, 0.5) is 17.1 Å². The number of benzene rings is 2. The average Bonchev–Trinajstić information content (AvgIpc) is 2.60. The molecule has 1 saturated heterocycles. The maximum absolute atomic E-state index is 11.9. The monoisotopic (exact) mass is 351 g/mol. The third-order valence-electron chi connectivity index (χ3n) is 3.40. The van der Waals surface area contributed by atoms with Crippen molar-refractivity contribution in [2.24, 2.45) is 10.2 Å². The summed E-state index contributed by atoms with van der Waals surface area (Å²) in [5.74, 6) is -2.71. The number of carbonyl (C=O) groups is 2. The van der Waals surface area contributed by atoms with Gasteiger partial charge in [-0.2, -0.15) is 10.2 Å². The summed E-state index contributed by atoms with van der Waals surface area (Å²) in [4.78, 5) is 23.7. The van der Waals surface area contributed by atoms with E-state index in [0.717, 1.165) is 5.69 Å². The predicted octanol–water partition coefficient (Wildman–Crippen LogP) is 4.23. The topological polar surface area (TPSA) is 89.4 Å². The van der Waals surface area contributed by atoms with Crippen molar-refractivity contribution in [2.45, 2.75) is 19.6 Å². The van der Waals surface area contributed by atoms with Gasteiger partial charge in [0.2, 0.25) is 0 Å². The molecule has 0 saturated carbocycles. The van der Waals surface area contributed by atoms with Crippen molar-refractivity contribution in [1.29, 1.82) is 0 Å². The highest BCUT2D eigenvalue weighted by Crippen LogP contribution is 2.23. The number of nitrogens with zero attached hydrogens (tertiary/aromatic N) is 2. The molecule has 0 aromatic heterocycles. The number of carbonyl (C=O) groups excluding carboxylic acids is 2. The normalized spacial score (nSPS) is 16.2. The third kappa shape index (κ3) is 4.32. The van der Waals surface area contributed by atoms with Crippen molar-refractivity contribution >= 4 is 29.0 Å². The highest BCUT2D eigenvalue weighted by atomic mass is 16.7. The molecule has 1 aliphatic rings. The molecule has 1 aliphatic heterocycles. The molecule has 7 nitrogen and oxygen atoms in total. The second kappa shape index (κ2) is 7.18. The van der Waals surface area contributed by atoms with Gasteiger partial charge in [0.1, 0.15) is 0 Å². The van der Waals surface area contributed by atoms with E-state index >= 15 is 0 Å². The molecule has 0 spiro atoms. The first-order valence-corrected chi connectivity index (χ1v) is 7.93. The minimum atomic E-state index is -1.25. The van der Waals surface area contributed by atoms with Crippen LogP contribution in [-0.2, 0) is 19.1 Å². The molecule has 0 atom stereocenters. The second-order valence-corrected chi connectivity index (χ2v) is 5.96. The number of anilines is 1. The van der Waals surface area contributed by atoms with Crippen LogP contribution in [-0.4, -0.2) is 17.7 Å². The van der Waals surface area contributed by atoms with Gasteiger partial charge in [-0.25, -0.2) is 9.59 Å². The molecular weight excluding hydrogens is 334 g/mol. The summed E-state index contributed by atoms with van der Waals surface area (Å²) in [5.41, 5.74) is 1.90. The molecule has 2 aromatic rings. The zero-order valence-electron chi connectivity index (χ0n) is 14.3. The Kier molecular flexibility index (Phi) is 4.79. The van der Waals surface area contributed by atoms with Gasteiger partial charge in [-0.3, -0.25) is 0 Å². The van der Waals surface area contributed by atoms with Gasteiger partial charge in [-0.15, -0.1) is 0 Å². The van der Waals surface area contributed by atoms with Crippen molar-refractivity contribution in [3.63, 3.8) is 0 Å². The highest BCUT2D eigenvalue weighted by Gasteiger charge is 2.38. The van der Waals surface area contributed by atoms with E-state index in [-0.39, 0.29) is 5.57 Å². The van der Waals surface area contributed by atoms with Crippen LogP contribution in [0.15, 0.2) is 76.6 Å². The van der Waals surface area contributed by atoms with Crippen LogP contribution in [0.5, 0.6) is 0 Å². The molecule has 3 rings (SSSR count). The summed E-state index contributed by atoms with van der Waals surface area (Å²) >= 11 is 0. The second-order valence-electron chi connectivity index (χ2n) is 5.96. The van der Waals surface area contributed by atoms with Crippen LogP contribution in [0, 0.1) is 0 Å². The van der Waals surface area contributed by atoms with E-state index in [2.05, 4.69) is 15.5 Å². The predicted molar refractivity (Wildman–Crippen MR) is 95.0 cm³/mol. The fourth-order valence-electron chi connectivity index (χ4n) is 2.17. The van der Waals surface area contributed by atoms with Crippen molar-refractivity contribution in [3.8, 4) is 0 Å². The molecule has 132 valence electrons. The lowest BCUT2D eigenvalue weighted by Crippen LogP contribution is -2.42. The Morgan fingerprint density at radius 1 is 0.846 bits per heavy atom. The summed E-state index contributed by atoms with van der Waals surface area (Å²) in [7, 11) is 0. The Morgan fingerprint density at radius 3 is 1.96 bits per heavy atom. The zero-order chi connectivity index (χ0) is 18.6. The van der Waals surface area contributed by atoms with Gasteiger partial charge in [-0.1, -0.05) is 18.2 Å². The van der Waals surface area contributed by atoms with E-state index in [9.17, 15) is 9.59 Å². The Labute approximate surface area is 150 Å². The van der Waals surface area contributed by atoms with Crippen LogP contribution in [0.2, 0.25) is 0 Å². The Bertz CT molecular complexity index is 849. The number of rotatable bonds is 4. The standard InChI is InChI=1S/C19H17N3O4/c1-19(2)25-17(23)16(18(24)26-19)12-20-13-8-10-15(11-9-13)22-21-14-6-4-3-5-7-14/h3-12,20H,1-2H3. The van der Waals surface area contributed by atoms with Gasteiger partial charge in [0.25, 0.3) is 5.79 Å². The molecule has 0 aliphatic carbocycles. The number of hydrogen-bond acceptors (Lipinski definition) is 7. The molecule has 1 N–H and O–H groups in total. The van der Waals surface area contributed by atoms with Crippen LogP contribution in [0.3, 0.4) is 0 Å². The van der Waals surface area contributed by atoms with E-state index in [1.807, 2.05) is 30.3 Å². The largest absolute Gasteiger partial charge is 0.419 e. The Morgan fingerprint density at radius 2 is 1.38 bits per heavy atom. The van der Waals surface area contributed by atoms with E-state index in [1.54, 1.807) is 24.3 Å².